The van der Waals surface area contributed by atoms with E-state index in [1.807, 2.05) is 0 Å². The van der Waals surface area contributed by atoms with Gasteiger partial charge in [-0.25, -0.2) is 0 Å². The summed E-state index contributed by atoms with van der Waals surface area (Å²) in [7, 11) is 0. The second-order valence-corrected chi connectivity index (χ2v) is 7.39. The Labute approximate surface area is 126 Å². The van der Waals surface area contributed by atoms with Crippen LogP contribution in [-0.2, 0) is 0 Å². The van der Waals surface area contributed by atoms with Gasteiger partial charge < -0.3 is 5.32 Å². The molecule has 1 atom stereocenters. The van der Waals surface area contributed by atoms with E-state index < -0.39 is 0 Å². The van der Waals surface area contributed by atoms with E-state index in [4.69, 9.17) is 11.6 Å². The maximum absolute atomic E-state index is 6.07. The average Bonchev–Trinajstić information content (AvgIpc) is 2.83. The molecule has 1 saturated heterocycles. The van der Waals surface area contributed by atoms with Crippen LogP contribution in [-0.4, -0.2) is 30.6 Å². The lowest BCUT2D eigenvalue weighted by Crippen LogP contribution is -2.40. The van der Waals surface area contributed by atoms with Gasteiger partial charge in [0.05, 0.1) is 4.34 Å². The molecule has 1 unspecified atom stereocenters. The molecule has 0 radical (unpaired) electrons. The van der Waals surface area contributed by atoms with Crippen LogP contribution < -0.4 is 5.32 Å². The molecule has 1 fully saturated rings. The van der Waals surface area contributed by atoms with E-state index in [0.717, 1.165) is 10.3 Å². The number of nitrogens with zero attached hydrogens (tertiary/aromatic N) is 1. The molecule has 19 heavy (non-hydrogen) atoms. The minimum absolute atomic E-state index is 0.457. The number of piperidine rings is 1. The minimum atomic E-state index is 0.457. The first kappa shape index (κ1) is 15.3. The molecule has 2 heterocycles. The summed E-state index contributed by atoms with van der Waals surface area (Å²) in [6.45, 7) is 10.5. The number of hydrogen-bond acceptors (Lipinski definition) is 3. The van der Waals surface area contributed by atoms with E-state index in [1.54, 1.807) is 11.3 Å². The zero-order valence-electron chi connectivity index (χ0n) is 12.2. The summed E-state index contributed by atoms with van der Waals surface area (Å²) < 4.78 is 0.896. The van der Waals surface area contributed by atoms with Crippen molar-refractivity contribution in [2.24, 2.45) is 5.92 Å². The normalized spacial score (nSPS) is 19.3. The van der Waals surface area contributed by atoms with Crippen molar-refractivity contribution >= 4 is 22.9 Å². The first-order valence-corrected chi connectivity index (χ1v) is 8.54. The summed E-state index contributed by atoms with van der Waals surface area (Å²) in [5.74, 6) is 0.834. The smallest absolute Gasteiger partial charge is 0.0931 e. The predicted octanol–water partition coefficient (Wildman–Crippen LogP) is 4.17. The summed E-state index contributed by atoms with van der Waals surface area (Å²) in [4.78, 5) is 2.62. The molecule has 1 aromatic heterocycles. The largest absolute Gasteiger partial charge is 0.317 e. The van der Waals surface area contributed by atoms with Gasteiger partial charge in [-0.2, -0.15) is 0 Å². The fourth-order valence-corrected chi connectivity index (χ4v) is 3.89. The maximum atomic E-state index is 6.07. The van der Waals surface area contributed by atoms with Gasteiger partial charge in [0.1, 0.15) is 0 Å². The minimum Gasteiger partial charge on any atom is -0.317 e. The van der Waals surface area contributed by atoms with Crippen molar-refractivity contribution in [1.29, 1.82) is 0 Å². The fourth-order valence-electron chi connectivity index (χ4n) is 2.91. The summed E-state index contributed by atoms with van der Waals surface area (Å²) in [6, 6.07) is 3.15. The molecule has 1 aliphatic heterocycles. The van der Waals surface area contributed by atoms with Crippen LogP contribution in [0.15, 0.2) is 11.4 Å². The van der Waals surface area contributed by atoms with E-state index in [1.165, 1.54) is 38.0 Å². The van der Waals surface area contributed by atoms with Gasteiger partial charge >= 0.3 is 0 Å². The lowest BCUT2D eigenvalue weighted by molar-refractivity contribution is 0.125. The molecule has 1 N–H and O–H groups in total. The Hall–Kier alpha value is -0.0900. The summed E-state index contributed by atoms with van der Waals surface area (Å²) in [6.07, 6.45) is 2.61. The summed E-state index contributed by atoms with van der Waals surface area (Å²) in [5, 5.41) is 5.65. The van der Waals surface area contributed by atoms with E-state index in [0.29, 0.717) is 12.1 Å². The van der Waals surface area contributed by atoms with Gasteiger partial charge in [-0.15, -0.1) is 11.3 Å². The molecule has 0 saturated carbocycles. The molecule has 0 aliphatic carbocycles. The summed E-state index contributed by atoms with van der Waals surface area (Å²) >= 11 is 7.71. The third-order valence-electron chi connectivity index (χ3n) is 4.16. The molecular formula is C15H25ClN2S. The highest BCUT2D eigenvalue weighted by atomic mass is 35.5. The van der Waals surface area contributed by atoms with E-state index in [9.17, 15) is 0 Å². The van der Waals surface area contributed by atoms with Crippen molar-refractivity contribution in [3.63, 3.8) is 0 Å². The van der Waals surface area contributed by atoms with E-state index >= 15 is 0 Å². The van der Waals surface area contributed by atoms with Crippen LogP contribution >= 0.6 is 22.9 Å². The second kappa shape index (κ2) is 7.07. The summed E-state index contributed by atoms with van der Waals surface area (Å²) in [5.41, 5.74) is 1.36. The zero-order chi connectivity index (χ0) is 13.8. The highest BCUT2D eigenvalue weighted by Crippen LogP contribution is 2.30. The maximum Gasteiger partial charge on any atom is 0.0931 e. The lowest BCUT2D eigenvalue weighted by atomic mass is 9.95. The Balaban J connectivity index is 2.02. The molecular weight excluding hydrogens is 276 g/mol. The van der Waals surface area contributed by atoms with Crippen molar-refractivity contribution in [1.82, 2.24) is 10.2 Å². The molecule has 2 nitrogen and oxygen atoms in total. The molecule has 1 aromatic rings. The Kier molecular flexibility index (Phi) is 5.70. The van der Waals surface area contributed by atoms with Crippen LogP contribution in [0.5, 0.6) is 0 Å². The molecule has 0 amide bonds. The Bertz CT molecular complexity index is 385. The van der Waals surface area contributed by atoms with Gasteiger partial charge in [-0.1, -0.05) is 11.6 Å². The molecule has 1 aliphatic rings. The lowest BCUT2D eigenvalue weighted by Gasteiger charge is -2.36. The molecule has 4 heteroatoms. The zero-order valence-corrected chi connectivity index (χ0v) is 13.7. The first-order chi connectivity index (χ1) is 9.08. The molecule has 0 bridgehead atoms. The van der Waals surface area contributed by atoms with Crippen molar-refractivity contribution in [3.8, 4) is 0 Å². The van der Waals surface area contributed by atoms with Crippen LogP contribution in [0, 0.1) is 5.92 Å². The second-order valence-electron chi connectivity index (χ2n) is 5.84. The highest BCUT2D eigenvalue weighted by Gasteiger charge is 2.24. The Morgan fingerprint density at radius 1 is 1.37 bits per heavy atom. The molecule has 0 aromatic carbocycles. The van der Waals surface area contributed by atoms with Crippen LogP contribution in [0.1, 0.15) is 45.2 Å². The monoisotopic (exact) mass is 300 g/mol. The number of hydrogen-bond donors (Lipinski definition) is 1. The van der Waals surface area contributed by atoms with Crippen LogP contribution in [0.4, 0.5) is 0 Å². The number of halogens is 1. The number of thiophene rings is 1. The Morgan fingerprint density at radius 2 is 2.05 bits per heavy atom. The van der Waals surface area contributed by atoms with Gasteiger partial charge in [-0.3, -0.25) is 4.90 Å². The van der Waals surface area contributed by atoms with Gasteiger partial charge in [0.15, 0.2) is 0 Å². The van der Waals surface area contributed by atoms with Crippen LogP contribution in [0.3, 0.4) is 0 Å². The quantitative estimate of drug-likeness (QED) is 0.878. The standard InChI is InChI=1S/C15H25ClN2S/c1-11(2)18(9-13-4-6-17-7-5-13)12(3)14-8-15(16)19-10-14/h8,10-13,17H,4-7,9H2,1-3H3. The molecule has 0 spiro atoms. The van der Waals surface area contributed by atoms with Crippen LogP contribution in [0.25, 0.3) is 0 Å². The van der Waals surface area contributed by atoms with Gasteiger partial charge in [0.25, 0.3) is 0 Å². The van der Waals surface area contributed by atoms with Gasteiger partial charge in [-0.05, 0) is 69.6 Å². The number of nitrogens with one attached hydrogen (secondary N) is 1. The molecule has 2 rings (SSSR count). The van der Waals surface area contributed by atoms with E-state index in [2.05, 4.69) is 42.4 Å². The topological polar surface area (TPSA) is 15.3 Å². The van der Waals surface area contributed by atoms with Crippen molar-refractivity contribution in [2.75, 3.05) is 19.6 Å². The van der Waals surface area contributed by atoms with Crippen LogP contribution in [0.2, 0.25) is 4.34 Å². The SMILES string of the molecule is CC(C)N(CC1CCNCC1)C(C)c1csc(Cl)c1. The number of rotatable bonds is 5. The first-order valence-electron chi connectivity index (χ1n) is 7.28. The third kappa shape index (κ3) is 4.19. The van der Waals surface area contributed by atoms with E-state index in [-0.39, 0.29) is 0 Å². The molecule has 108 valence electrons. The van der Waals surface area contributed by atoms with Crippen molar-refractivity contribution in [3.05, 3.63) is 21.3 Å². The van der Waals surface area contributed by atoms with Gasteiger partial charge in [0, 0.05) is 18.6 Å². The average molecular weight is 301 g/mol. The Morgan fingerprint density at radius 3 is 2.58 bits per heavy atom. The van der Waals surface area contributed by atoms with Crippen molar-refractivity contribution in [2.45, 2.75) is 45.7 Å². The third-order valence-corrected chi connectivity index (χ3v) is 5.27. The van der Waals surface area contributed by atoms with Crippen molar-refractivity contribution < 1.29 is 0 Å². The fraction of sp³-hybridized carbons (Fsp3) is 0.733. The predicted molar refractivity (Wildman–Crippen MR) is 85.2 cm³/mol. The highest BCUT2D eigenvalue weighted by molar-refractivity contribution is 7.14. The van der Waals surface area contributed by atoms with Gasteiger partial charge in [0.2, 0.25) is 0 Å².